The molecule has 3 N–H and O–H groups in total. The number of benzene rings is 2. The molecule has 0 saturated carbocycles. The van der Waals surface area contributed by atoms with Crippen LogP contribution in [0.1, 0.15) is 29.5 Å². The summed E-state index contributed by atoms with van der Waals surface area (Å²) in [7, 11) is 0. The van der Waals surface area contributed by atoms with E-state index in [0.717, 1.165) is 54.9 Å². The van der Waals surface area contributed by atoms with Gasteiger partial charge in [-0.15, -0.1) is 11.3 Å². The molecular weight excluding hydrogens is 374 g/mol. The van der Waals surface area contributed by atoms with Gasteiger partial charge in [0.1, 0.15) is 0 Å². The molecule has 1 aliphatic rings. The molecule has 2 aromatic carbocycles. The van der Waals surface area contributed by atoms with Gasteiger partial charge in [0.05, 0.1) is 4.88 Å². The van der Waals surface area contributed by atoms with Crippen LogP contribution in [-0.4, -0.2) is 13.1 Å². The lowest BCUT2D eigenvalue weighted by Gasteiger charge is -2.39. The second kappa shape index (κ2) is 7.64. The molecule has 0 unspecified atom stereocenters. The van der Waals surface area contributed by atoms with E-state index in [2.05, 4.69) is 24.4 Å². The van der Waals surface area contributed by atoms with E-state index in [1.54, 1.807) is 0 Å². The largest absolute Gasteiger partial charge is 0.399 e. The van der Waals surface area contributed by atoms with Crippen molar-refractivity contribution in [2.24, 2.45) is 0 Å². The fourth-order valence-corrected chi connectivity index (χ4v) is 5.14. The molecule has 5 heteroatoms. The van der Waals surface area contributed by atoms with Gasteiger partial charge in [-0.2, -0.15) is 0 Å². The van der Waals surface area contributed by atoms with Crippen LogP contribution in [0.5, 0.6) is 0 Å². The van der Waals surface area contributed by atoms with Gasteiger partial charge in [0.25, 0.3) is 0 Å². The predicted molar refractivity (Wildman–Crippen MR) is 113 cm³/mol. The van der Waals surface area contributed by atoms with Crippen LogP contribution >= 0.6 is 11.3 Å². The fraction of sp³-hybridized carbons (Fsp3) is 0.304. The second-order valence-electron chi connectivity index (χ2n) is 7.71. The summed E-state index contributed by atoms with van der Waals surface area (Å²) in [5.74, 6) is -1.54. The van der Waals surface area contributed by atoms with Crippen LogP contribution < -0.4 is 11.1 Å². The maximum Gasteiger partial charge on any atom is 0.177 e. The highest BCUT2D eigenvalue weighted by molar-refractivity contribution is 7.13. The van der Waals surface area contributed by atoms with Crippen molar-refractivity contribution in [3.05, 3.63) is 76.2 Å². The van der Waals surface area contributed by atoms with Crippen LogP contribution in [0.4, 0.5) is 14.5 Å². The van der Waals surface area contributed by atoms with E-state index in [4.69, 9.17) is 5.73 Å². The van der Waals surface area contributed by atoms with Crippen molar-refractivity contribution in [3.63, 3.8) is 0 Å². The fourth-order valence-electron chi connectivity index (χ4n) is 4.34. The summed E-state index contributed by atoms with van der Waals surface area (Å²) in [6, 6.07) is 14.0. The Hall–Kier alpha value is -2.24. The Kier molecular flexibility index (Phi) is 5.21. The third-order valence-electron chi connectivity index (χ3n) is 5.84. The van der Waals surface area contributed by atoms with Crippen molar-refractivity contribution >= 4 is 17.0 Å². The van der Waals surface area contributed by atoms with Crippen molar-refractivity contribution in [1.82, 2.24) is 5.32 Å². The number of thiophene rings is 1. The third-order valence-corrected chi connectivity index (χ3v) is 6.82. The third kappa shape index (κ3) is 3.56. The Bertz CT molecular complexity index is 973. The molecule has 0 atom stereocenters. The van der Waals surface area contributed by atoms with Crippen LogP contribution in [-0.2, 0) is 11.8 Å². The Morgan fingerprint density at radius 1 is 1.07 bits per heavy atom. The first-order valence-corrected chi connectivity index (χ1v) is 10.5. The molecular formula is C23H24F2N2S. The number of halogens is 2. The minimum absolute atomic E-state index is 0.0342. The molecule has 0 amide bonds. The summed E-state index contributed by atoms with van der Waals surface area (Å²) in [5, 5.41) is 4.67. The maximum atomic E-state index is 13.9. The number of nitrogens with one attached hydrogen (secondary N) is 1. The van der Waals surface area contributed by atoms with Crippen LogP contribution in [0.3, 0.4) is 0 Å². The summed E-state index contributed by atoms with van der Waals surface area (Å²) in [4.78, 5) is 0.354. The first-order valence-electron chi connectivity index (χ1n) is 9.58. The van der Waals surface area contributed by atoms with Gasteiger partial charge in [-0.3, -0.25) is 0 Å². The van der Waals surface area contributed by atoms with Crippen molar-refractivity contribution in [2.45, 2.75) is 31.6 Å². The first kappa shape index (κ1) is 19.1. The topological polar surface area (TPSA) is 38.0 Å². The van der Waals surface area contributed by atoms with Crippen molar-refractivity contribution in [1.29, 1.82) is 0 Å². The number of piperidine rings is 1. The van der Waals surface area contributed by atoms with E-state index in [0.29, 0.717) is 4.88 Å². The lowest BCUT2D eigenvalue weighted by Crippen LogP contribution is -2.42. The summed E-state index contributed by atoms with van der Waals surface area (Å²) in [6.07, 6.45) is 2.99. The molecule has 0 radical (unpaired) electrons. The number of anilines is 1. The molecule has 28 heavy (non-hydrogen) atoms. The Morgan fingerprint density at radius 2 is 1.79 bits per heavy atom. The smallest absolute Gasteiger partial charge is 0.177 e. The maximum absolute atomic E-state index is 13.9. The summed E-state index contributed by atoms with van der Waals surface area (Å²) >= 11 is 1.10. The van der Waals surface area contributed by atoms with Crippen molar-refractivity contribution in [2.75, 3.05) is 18.8 Å². The minimum Gasteiger partial charge on any atom is -0.399 e. The van der Waals surface area contributed by atoms with E-state index in [-0.39, 0.29) is 5.41 Å². The molecule has 146 valence electrons. The highest BCUT2D eigenvalue weighted by Crippen LogP contribution is 2.40. The minimum atomic E-state index is -0.783. The van der Waals surface area contributed by atoms with Crippen LogP contribution in [0, 0.1) is 18.6 Å². The summed E-state index contributed by atoms with van der Waals surface area (Å²) in [5.41, 5.74) is 11.4. The van der Waals surface area contributed by atoms with Gasteiger partial charge in [-0.25, -0.2) is 8.78 Å². The molecule has 2 nitrogen and oxygen atoms in total. The molecule has 0 aliphatic carbocycles. The monoisotopic (exact) mass is 398 g/mol. The predicted octanol–water partition coefficient (Wildman–Crippen LogP) is 5.45. The number of nitrogen functional groups attached to an aromatic ring is 1. The van der Waals surface area contributed by atoms with E-state index < -0.39 is 11.6 Å². The molecule has 1 aromatic heterocycles. The zero-order chi connectivity index (χ0) is 19.7. The molecule has 3 aromatic rings. The average Bonchev–Trinajstić information content (AvgIpc) is 3.04. The van der Waals surface area contributed by atoms with E-state index in [1.165, 1.54) is 22.1 Å². The number of rotatable bonds is 4. The normalized spacial score (nSPS) is 16.2. The highest BCUT2D eigenvalue weighted by atomic mass is 32.1. The first-order chi connectivity index (χ1) is 13.5. The lowest BCUT2D eigenvalue weighted by molar-refractivity contribution is 0.304. The van der Waals surface area contributed by atoms with E-state index >= 15 is 0 Å². The van der Waals surface area contributed by atoms with Gasteiger partial charge >= 0.3 is 0 Å². The van der Waals surface area contributed by atoms with E-state index in [1.807, 2.05) is 30.3 Å². The number of nitrogens with two attached hydrogens (primary N) is 1. The molecule has 1 fully saturated rings. The molecule has 1 aliphatic heterocycles. The van der Waals surface area contributed by atoms with Gasteiger partial charge in [0.15, 0.2) is 11.6 Å². The SMILES string of the molecule is Cc1ccc(N)cc1C1(Cc2ccc(-c3scc(F)c3F)cc2)CCNCC1. The molecule has 0 bridgehead atoms. The van der Waals surface area contributed by atoms with Gasteiger partial charge in [-0.1, -0.05) is 30.3 Å². The van der Waals surface area contributed by atoms with Crippen LogP contribution in [0.25, 0.3) is 10.4 Å². The van der Waals surface area contributed by atoms with Gasteiger partial charge in [0, 0.05) is 16.5 Å². The van der Waals surface area contributed by atoms with Gasteiger partial charge in [0.2, 0.25) is 0 Å². The van der Waals surface area contributed by atoms with Crippen molar-refractivity contribution in [3.8, 4) is 10.4 Å². The van der Waals surface area contributed by atoms with Gasteiger partial charge in [-0.05, 0) is 73.7 Å². The zero-order valence-corrected chi connectivity index (χ0v) is 16.7. The van der Waals surface area contributed by atoms with E-state index in [9.17, 15) is 8.78 Å². The number of hydrogen-bond donors (Lipinski definition) is 2. The lowest BCUT2D eigenvalue weighted by atomic mass is 9.68. The average molecular weight is 399 g/mol. The number of hydrogen-bond acceptors (Lipinski definition) is 3. The quantitative estimate of drug-likeness (QED) is 0.574. The van der Waals surface area contributed by atoms with Crippen molar-refractivity contribution < 1.29 is 8.78 Å². The van der Waals surface area contributed by atoms with Crippen LogP contribution in [0.2, 0.25) is 0 Å². The Balaban J connectivity index is 1.66. The molecule has 4 rings (SSSR count). The Morgan fingerprint density at radius 3 is 2.43 bits per heavy atom. The second-order valence-corrected chi connectivity index (χ2v) is 8.58. The summed E-state index contributed by atoms with van der Waals surface area (Å²) in [6.45, 7) is 4.10. The molecule has 1 saturated heterocycles. The molecule has 0 spiro atoms. The van der Waals surface area contributed by atoms with Crippen LogP contribution in [0.15, 0.2) is 47.8 Å². The summed E-state index contributed by atoms with van der Waals surface area (Å²) < 4.78 is 27.2. The standard InChI is InChI=1S/C23H24F2N2S/c1-15-2-7-18(26)12-19(15)23(8-10-27-11-9-23)13-16-3-5-17(6-4-16)22-21(25)20(24)14-28-22/h2-7,12,14,27H,8-11,13,26H2,1H3. The highest BCUT2D eigenvalue weighted by Gasteiger charge is 2.35. The number of aryl methyl sites for hydroxylation is 1. The zero-order valence-electron chi connectivity index (χ0n) is 15.9. The Labute approximate surface area is 168 Å². The van der Waals surface area contributed by atoms with Gasteiger partial charge < -0.3 is 11.1 Å². The molecule has 2 heterocycles.